The third-order valence-corrected chi connectivity index (χ3v) is 5.25. The molecule has 1 amide bonds. The highest BCUT2D eigenvalue weighted by atomic mass is 16.5. The lowest BCUT2D eigenvalue weighted by molar-refractivity contribution is -0.132. The Bertz CT molecular complexity index is 1030. The van der Waals surface area contributed by atoms with Gasteiger partial charge in [0, 0.05) is 49.5 Å². The summed E-state index contributed by atoms with van der Waals surface area (Å²) in [4.78, 5) is 28.3. The summed E-state index contributed by atoms with van der Waals surface area (Å²) < 4.78 is 10.8. The van der Waals surface area contributed by atoms with Gasteiger partial charge in [-0.05, 0) is 50.9 Å². The third-order valence-electron chi connectivity index (χ3n) is 5.25. The zero-order valence-electron chi connectivity index (χ0n) is 17.7. The quantitative estimate of drug-likeness (QED) is 0.615. The number of carbonyl (C=O) groups is 1. The number of hydrogen-bond acceptors (Lipinski definition) is 7. The van der Waals surface area contributed by atoms with Crippen LogP contribution < -0.4 is 4.74 Å². The fourth-order valence-corrected chi connectivity index (χ4v) is 3.93. The van der Waals surface area contributed by atoms with E-state index in [4.69, 9.17) is 14.2 Å². The molecule has 1 aliphatic heterocycles. The minimum Gasteiger partial charge on any atom is -0.473 e. The van der Waals surface area contributed by atoms with Gasteiger partial charge in [0.15, 0.2) is 5.65 Å². The molecule has 8 heteroatoms. The normalized spacial score (nSPS) is 16.9. The number of carbonyl (C=O) groups excluding carboxylic acids is 1. The van der Waals surface area contributed by atoms with Crippen LogP contribution in [0.1, 0.15) is 56.3 Å². The maximum Gasteiger partial charge on any atom is 0.254 e. The van der Waals surface area contributed by atoms with E-state index in [9.17, 15) is 4.79 Å². The Kier molecular flexibility index (Phi) is 5.92. The van der Waals surface area contributed by atoms with Crippen LogP contribution in [-0.2, 0) is 11.2 Å². The monoisotopic (exact) mass is 409 g/mol. The van der Waals surface area contributed by atoms with E-state index in [0.29, 0.717) is 42.5 Å². The van der Waals surface area contributed by atoms with Crippen LogP contribution in [0, 0.1) is 6.92 Å². The van der Waals surface area contributed by atoms with E-state index in [1.807, 2.05) is 37.8 Å². The predicted octanol–water partition coefficient (Wildman–Crippen LogP) is 3.45. The van der Waals surface area contributed by atoms with Gasteiger partial charge < -0.3 is 14.2 Å². The van der Waals surface area contributed by atoms with E-state index in [1.165, 1.54) is 0 Å². The van der Waals surface area contributed by atoms with Crippen LogP contribution in [0.15, 0.2) is 28.9 Å². The van der Waals surface area contributed by atoms with Gasteiger partial charge in [0.05, 0.1) is 11.8 Å². The largest absolute Gasteiger partial charge is 0.473 e. The average Bonchev–Trinajstić information content (AvgIpc) is 3.18. The van der Waals surface area contributed by atoms with Gasteiger partial charge in [0.1, 0.15) is 11.6 Å². The molecular formula is C22H27N5O3. The van der Waals surface area contributed by atoms with Crippen molar-refractivity contribution in [2.45, 2.75) is 58.5 Å². The lowest BCUT2D eigenvalue weighted by atomic mass is 9.92. The first-order chi connectivity index (χ1) is 14.5. The highest BCUT2D eigenvalue weighted by Gasteiger charge is 2.27. The Morgan fingerprint density at radius 1 is 1.37 bits per heavy atom. The summed E-state index contributed by atoms with van der Waals surface area (Å²) >= 11 is 0. The number of amides is 1. The molecule has 158 valence electrons. The molecule has 8 nitrogen and oxygen atoms in total. The van der Waals surface area contributed by atoms with Crippen LogP contribution in [0.4, 0.5) is 0 Å². The number of aromatic nitrogens is 4. The van der Waals surface area contributed by atoms with E-state index in [0.717, 1.165) is 30.5 Å². The molecule has 0 aliphatic carbocycles. The highest BCUT2D eigenvalue weighted by molar-refractivity contribution is 5.79. The summed E-state index contributed by atoms with van der Waals surface area (Å²) in [7, 11) is 0. The zero-order chi connectivity index (χ0) is 21.1. The van der Waals surface area contributed by atoms with Gasteiger partial charge in [0.25, 0.3) is 5.88 Å². The first-order valence-electron chi connectivity index (χ1n) is 10.5. The summed E-state index contributed by atoms with van der Waals surface area (Å²) in [6.45, 7) is 7.19. The van der Waals surface area contributed by atoms with Crippen molar-refractivity contribution in [3.05, 3.63) is 41.7 Å². The second-order valence-electron chi connectivity index (χ2n) is 8.01. The lowest BCUT2D eigenvalue weighted by Gasteiger charge is -2.33. The van der Waals surface area contributed by atoms with Gasteiger partial charge in [-0.2, -0.15) is 0 Å². The molecule has 1 aliphatic rings. The molecule has 4 heterocycles. The third kappa shape index (κ3) is 4.58. The summed E-state index contributed by atoms with van der Waals surface area (Å²) in [6.07, 6.45) is 4.63. The maximum atomic E-state index is 12.9. The number of likely N-dealkylation sites (tertiary alicyclic amines) is 1. The van der Waals surface area contributed by atoms with Gasteiger partial charge in [-0.15, -0.1) is 0 Å². The van der Waals surface area contributed by atoms with Crippen molar-refractivity contribution in [2.75, 3.05) is 13.1 Å². The minimum atomic E-state index is 0.0339. The Morgan fingerprint density at radius 3 is 3.07 bits per heavy atom. The predicted molar refractivity (Wildman–Crippen MR) is 111 cm³/mol. The van der Waals surface area contributed by atoms with Gasteiger partial charge in [-0.25, -0.2) is 15.0 Å². The number of nitrogens with zero attached hydrogens (tertiary/aromatic N) is 5. The summed E-state index contributed by atoms with van der Waals surface area (Å²) in [5, 5.41) is 4.87. The number of ether oxygens (including phenoxy) is 1. The van der Waals surface area contributed by atoms with Crippen LogP contribution >= 0.6 is 0 Å². The van der Waals surface area contributed by atoms with E-state index in [2.05, 4.69) is 15.1 Å². The van der Waals surface area contributed by atoms with Gasteiger partial charge in [-0.1, -0.05) is 0 Å². The van der Waals surface area contributed by atoms with Crippen molar-refractivity contribution in [2.24, 2.45) is 0 Å². The average molecular weight is 409 g/mol. The van der Waals surface area contributed by atoms with Crippen molar-refractivity contribution in [1.29, 1.82) is 0 Å². The molecule has 3 aromatic rings. The zero-order valence-corrected chi connectivity index (χ0v) is 17.7. The molecular weight excluding hydrogens is 382 g/mol. The molecule has 0 radical (unpaired) electrons. The summed E-state index contributed by atoms with van der Waals surface area (Å²) in [5.41, 5.74) is 1.71. The first kappa shape index (κ1) is 20.3. The molecule has 0 bridgehead atoms. The first-order valence-corrected chi connectivity index (χ1v) is 10.5. The number of hydrogen-bond donors (Lipinski definition) is 0. The molecule has 0 aromatic carbocycles. The van der Waals surface area contributed by atoms with Crippen LogP contribution in [-0.4, -0.2) is 50.1 Å². The number of fused-ring (bicyclic) bond motifs is 1. The van der Waals surface area contributed by atoms with Gasteiger partial charge >= 0.3 is 0 Å². The number of pyridine rings is 1. The van der Waals surface area contributed by atoms with Crippen LogP contribution in [0.25, 0.3) is 11.0 Å². The summed E-state index contributed by atoms with van der Waals surface area (Å²) in [6, 6.07) is 5.68. The smallest absolute Gasteiger partial charge is 0.254 e. The van der Waals surface area contributed by atoms with E-state index < -0.39 is 0 Å². The van der Waals surface area contributed by atoms with Crippen molar-refractivity contribution >= 4 is 16.9 Å². The molecule has 30 heavy (non-hydrogen) atoms. The Balaban J connectivity index is 1.42. The number of aryl methyl sites for hydroxylation is 2. The van der Waals surface area contributed by atoms with Crippen LogP contribution in [0.5, 0.6) is 5.88 Å². The Morgan fingerprint density at radius 2 is 2.23 bits per heavy atom. The molecule has 1 saturated heterocycles. The van der Waals surface area contributed by atoms with E-state index in [1.54, 1.807) is 12.3 Å². The van der Waals surface area contributed by atoms with E-state index in [-0.39, 0.29) is 17.9 Å². The minimum absolute atomic E-state index is 0.0339. The molecule has 1 fully saturated rings. The second-order valence-corrected chi connectivity index (χ2v) is 8.01. The molecule has 0 N–H and O–H groups in total. The second kappa shape index (κ2) is 8.77. The molecule has 1 atom stereocenters. The van der Waals surface area contributed by atoms with Crippen molar-refractivity contribution < 1.29 is 14.1 Å². The Hall–Kier alpha value is -3.03. The lowest BCUT2D eigenvalue weighted by Crippen LogP contribution is -2.39. The SMILES string of the molecule is Cc1nc(C2CCCN(C(=O)CCc3cc(OC(C)C)no3)C2)c2cccnc2n1. The topological polar surface area (TPSA) is 94.2 Å². The van der Waals surface area contributed by atoms with Crippen molar-refractivity contribution in [3.63, 3.8) is 0 Å². The number of piperidine rings is 1. The molecule has 0 saturated carbocycles. The van der Waals surface area contributed by atoms with Crippen LogP contribution in [0.2, 0.25) is 0 Å². The Labute approximate surface area is 175 Å². The molecule has 1 unspecified atom stereocenters. The molecule has 3 aromatic heterocycles. The van der Waals surface area contributed by atoms with Gasteiger partial charge in [-0.3, -0.25) is 4.79 Å². The van der Waals surface area contributed by atoms with E-state index >= 15 is 0 Å². The van der Waals surface area contributed by atoms with Crippen molar-refractivity contribution in [3.8, 4) is 5.88 Å². The fourth-order valence-electron chi connectivity index (χ4n) is 3.93. The maximum absolute atomic E-state index is 12.9. The number of rotatable bonds is 6. The standard InChI is InChI=1S/C22H27N5O3/c1-14(2)29-19-12-17(30-26-19)8-9-20(28)27-11-5-6-16(13-27)21-18-7-4-10-23-22(18)25-15(3)24-21/h4,7,10,12,14,16H,5-6,8-9,11,13H2,1-3H3. The molecule has 4 rings (SSSR count). The summed E-state index contributed by atoms with van der Waals surface area (Å²) in [5.74, 6) is 2.15. The highest BCUT2D eigenvalue weighted by Crippen LogP contribution is 2.30. The molecule has 0 spiro atoms. The fraction of sp³-hybridized carbons (Fsp3) is 0.500. The van der Waals surface area contributed by atoms with Crippen molar-refractivity contribution in [1.82, 2.24) is 25.0 Å². The van der Waals surface area contributed by atoms with Crippen LogP contribution in [0.3, 0.4) is 0 Å². The van der Waals surface area contributed by atoms with Gasteiger partial charge in [0.2, 0.25) is 5.91 Å².